The smallest absolute Gasteiger partial charge is 0.178 e. The Bertz CT molecular complexity index is 772. The maximum atomic E-state index is 13.2. The van der Waals surface area contributed by atoms with E-state index in [0.717, 1.165) is 5.56 Å². The summed E-state index contributed by atoms with van der Waals surface area (Å²) >= 11 is 0. The average molecular weight is 349 g/mol. The molecule has 0 atom stereocenters. The summed E-state index contributed by atoms with van der Waals surface area (Å²) in [6.07, 6.45) is 1.68. The highest BCUT2D eigenvalue weighted by atomic mass is 32.2. The van der Waals surface area contributed by atoms with E-state index in [4.69, 9.17) is 10.5 Å². The Hall–Kier alpha value is -2.18. The van der Waals surface area contributed by atoms with Gasteiger partial charge in [0.2, 0.25) is 0 Å². The van der Waals surface area contributed by atoms with E-state index >= 15 is 0 Å². The third-order valence-corrected chi connectivity index (χ3v) is 5.13. The molecule has 6 heteroatoms. The normalized spacial score (nSPS) is 12.2. The van der Waals surface area contributed by atoms with E-state index in [9.17, 15) is 12.8 Å². The van der Waals surface area contributed by atoms with Crippen molar-refractivity contribution in [3.63, 3.8) is 0 Å². The first-order valence-electron chi connectivity index (χ1n) is 7.55. The lowest BCUT2D eigenvalue weighted by molar-refractivity contribution is 0.318. The van der Waals surface area contributed by atoms with Crippen molar-refractivity contribution in [3.8, 4) is 5.75 Å². The molecule has 0 aromatic heterocycles. The lowest BCUT2D eigenvalue weighted by Crippen LogP contribution is -2.09. The Kier molecular flexibility index (Phi) is 6.52. The Morgan fingerprint density at radius 3 is 2.38 bits per heavy atom. The van der Waals surface area contributed by atoms with Gasteiger partial charge in [-0.1, -0.05) is 30.3 Å². The number of hydrogen-bond acceptors (Lipinski definition) is 4. The fraction of sp³-hybridized carbons (Fsp3) is 0.222. The van der Waals surface area contributed by atoms with E-state index in [1.54, 1.807) is 0 Å². The largest absolute Gasteiger partial charge is 0.487 e. The molecule has 0 aliphatic carbocycles. The lowest BCUT2D eigenvalue weighted by atomic mass is 10.2. The highest BCUT2D eigenvalue weighted by Crippen LogP contribution is 2.18. The van der Waals surface area contributed by atoms with Crippen molar-refractivity contribution >= 4 is 9.84 Å². The molecule has 0 radical (unpaired) electrons. The molecule has 128 valence electrons. The number of benzene rings is 2. The van der Waals surface area contributed by atoms with Crippen molar-refractivity contribution in [1.29, 1.82) is 0 Å². The topological polar surface area (TPSA) is 69.4 Å². The minimum Gasteiger partial charge on any atom is -0.487 e. The number of aryl methyl sites for hydroxylation is 1. The molecule has 2 aromatic carbocycles. The SMILES string of the molecule is NCC=C(F)COc1ccc(S(=O)(=O)CCc2ccccc2)cc1. The second-order valence-corrected chi connectivity index (χ2v) is 7.31. The van der Waals surface area contributed by atoms with Crippen LogP contribution in [0.2, 0.25) is 0 Å². The van der Waals surface area contributed by atoms with Gasteiger partial charge in [0, 0.05) is 6.54 Å². The third-order valence-electron chi connectivity index (χ3n) is 3.40. The van der Waals surface area contributed by atoms with Gasteiger partial charge in [0.05, 0.1) is 10.6 Å². The number of rotatable bonds is 8. The molecule has 0 unspecified atom stereocenters. The van der Waals surface area contributed by atoms with Gasteiger partial charge in [-0.05, 0) is 42.3 Å². The highest BCUT2D eigenvalue weighted by Gasteiger charge is 2.14. The molecule has 2 aromatic rings. The Morgan fingerprint density at radius 1 is 1.08 bits per heavy atom. The zero-order valence-electron chi connectivity index (χ0n) is 13.2. The summed E-state index contributed by atoms with van der Waals surface area (Å²) in [5.74, 6) is -0.0277. The van der Waals surface area contributed by atoms with Crippen LogP contribution < -0.4 is 10.5 Å². The molecule has 0 aliphatic rings. The van der Waals surface area contributed by atoms with Gasteiger partial charge in [-0.3, -0.25) is 0 Å². The molecule has 0 saturated heterocycles. The van der Waals surface area contributed by atoms with Gasteiger partial charge < -0.3 is 10.5 Å². The van der Waals surface area contributed by atoms with E-state index in [2.05, 4.69) is 0 Å². The Morgan fingerprint density at radius 2 is 1.75 bits per heavy atom. The third kappa shape index (κ3) is 5.47. The Labute approximate surface area is 141 Å². The predicted molar refractivity (Wildman–Crippen MR) is 92.4 cm³/mol. The van der Waals surface area contributed by atoms with Gasteiger partial charge in [-0.25, -0.2) is 12.8 Å². The van der Waals surface area contributed by atoms with E-state index in [-0.39, 0.29) is 23.8 Å². The summed E-state index contributed by atoms with van der Waals surface area (Å²) in [5.41, 5.74) is 6.17. The minimum absolute atomic E-state index is 0.0328. The summed E-state index contributed by atoms with van der Waals surface area (Å²) in [5, 5.41) is 0. The second-order valence-electron chi connectivity index (χ2n) is 5.20. The van der Waals surface area contributed by atoms with Gasteiger partial charge >= 0.3 is 0 Å². The number of halogens is 1. The van der Waals surface area contributed by atoms with E-state index in [0.29, 0.717) is 12.2 Å². The van der Waals surface area contributed by atoms with Crippen molar-refractivity contribution in [1.82, 2.24) is 0 Å². The fourth-order valence-electron chi connectivity index (χ4n) is 2.10. The Balaban J connectivity index is 1.97. The van der Waals surface area contributed by atoms with Crippen molar-refractivity contribution in [2.45, 2.75) is 11.3 Å². The van der Waals surface area contributed by atoms with Crippen LogP contribution >= 0.6 is 0 Å². The van der Waals surface area contributed by atoms with Crippen LogP contribution in [0.3, 0.4) is 0 Å². The highest BCUT2D eigenvalue weighted by molar-refractivity contribution is 7.91. The van der Waals surface area contributed by atoms with Crippen molar-refractivity contribution < 1.29 is 17.5 Å². The van der Waals surface area contributed by atoms with Crippen LogP contribution in [0, 0.1) is 0 Å². The monoisotopic (exact) mass is 349 g/mol. The maximum absolute atomic E-state index is 13.2. The molecular weight excluding hydrogens is 329 g/mol. The average Bonchev–Trinajstić information content (AvgIpc) is 2.60. The van der Waals surface area contributed by atoms with Crippen LogP contribution in [0.25, 0.3) is 0 Å². The molecule has 24 heavy (non-hydrogen) atoms. The van der Waals surface area contributed by atoms with Gasteiger partial charge in [0.1, 0.15) is 18.2 Å². The summed E-state index contributed by atoms with van der Waals surface area (Å²) in [6.45, 7) is -0.120. The number of sulfone groups is 1. The first-order valence-corrected chi connectivity index (χ1v) is 9.20. The van der Waals surface area contributed by atoms with Gasteiger partial charge in [0.25, 0.3) is 0 Å². The predicted octanol–water partition coefficient (Wildman–Crippen LogP) is 2.89. The van der Waals surface area contributed by atoms with Crippen LogP contribution in [0.15, 0.2) is 71.4 Å². The number of nitrogens with two attached hydrogens (primary N) is 1. The van der Waals surface area contributed by atoms with Gasteiger partial charge in [-0.15, -0.1) is 0 Å². The summed E-state index contributed by atoms with van der Waals surface area (Å²) < 4.78 is 43.1. The first-order chi connectivity index (χ1) is 11.5. The molecule has 0 amide bonds. The summed E-state index contributed by atoms with van der Waals surface area (Å²) in [6, 6.07) is 15.4. The van der Waals surface area contributed by atoms with E-state index < -0.39 is 15.7 Å². The minimum atomic E-state index is -3.37. The van der Waals surface area contributed by atoms with Crippen molar-refractivity contribution in [2.75, 3.05) is 18.9 Å². The molecule has 0 aliphatic heterocycles. The summed E-state index contributed by atoms with van der Waals surface area (Å²) in [4.78, 5) is 0.226. The molecule has 2 N–H and O–H groups in total. The van der Waals surface area contributed by atoms with Crippen molar-refractivity contribution in [3.05, 3.63) is 72.1 Å². The second kappa shape index (κ2) is 8.61. The standard InChI is InChI=1S/C18H20FNO3S/c19-16(10-12-20)14-23-17-6-8-18(9-7-17)24(21,22)13-11-15-4-2-1-3-5-15/h1-10H,11-14,20H2. The van der Waals surface area contributed by atoms with E-state index in [1.807, 2.05) is 30.3 Å². The lowest BCUT2D eigenvalue weighted by Gasteiger charge is -2.07. The van der Waals surface area contributed by atoms with Crippen LogP contribution in [0.4, 0.5) is 4.39 Å². The molecule has 0 bridgehead atoms. The number of hydrogen-bond donors (Lipinski definition) is 1. The quantitative estimate of drug-likeness (QED) is 0.796. The molecule has 0 saturated carbocycles. The zero-order valence-corrected chi connectivity index (χ0v) is 14.0. The molecule has 2 rings (SSSR count). The fourth-order valence-corrected chi connectivity index (χ4v) is 3.39. The maximum Gasteiger partial charge on any atom is 0.178 e. The summed E-state index contributed by atoms with van der Waals surface area (Å²) in [7, 11) is -3.37. The zero-order chi connectivity index (χ0) is 17.4. The van der Waals surface area contributed by atoms with Gasteiger partial charge in [0.15, 0.2) is 9.84 Å². The molecule has 4 nitrogen and oxygen atoms in total. The molecule has 0 spiro atoms. The van der Waals surface area contributed by atoms with Crippen LogP contribution in [0.5, 0.6) is 5.75 Å². The molecule has 0 heterocycles. The van der Waals surface area contributed by atoms with Crippen LogP contribution in [0.1, 0.15) is 5.56 Å². The van der Waals surface area contributed by atoms with E-state index in [1.165, 1.54) is 30.3 Å². The first kappa shape index (κ1) is 18.2. The number of ether oxygens (including phenoxy) is 1. The molecule has 0 fully saturated rings. The van der Waals surface area contributed by atoms with Crippen molar-refractivity contribution in [2.24, 2.45) is 5.73 Å². The van der Waals surface area contributed by atoms with Crippen LogP contribution in [-0.2, 0) is 16.3 Å². The van der Waals surface area contributed by atoms with Gasteiger partial charge in [-0.2, -0.15) is 0 Å². The molecular formula is C18H20FNO3S. The van der Waals surface area contributed by atoms with Crippen LogP contribution in [-0.4, -0.2) is 27.3 Å².